The van der Waals surface area contributed by atoms with Crippen LogP contribution in [0.5, 0.6) is 0 Å². The largest absolute Gasteiger partial charge is 0.310 e. The van der Waals surface area contributed by atoms with Gasteiger partial charge in [-0.1, -0.05) is 49.4 Å². The van der Waals surface area contributed by atoms with Crippen molar-refractivity contribution in [3.63, 3.8) is 0 Å². The molecule has 0 saturated carbocycles. The van der Waals surface area contributed by atoms with Gasteiger partial charge in [-0.3, -0.25) is 9.59 Å². The normalized spacial score (nSPS) is 17.4. The van der Waals surface area contributed by atoms with Crippen molar-refractivity contribution in [1.82, 2.24) is 0 Å². The van der Waals surface area contributed by atoms with Crippen LogP contribution in [0.4, 0.5) is 11.4 Å². The second-order valence-corrected chi connectivity index (χ2v) is 6.13. The van der Waals surface area contributed by atoms with Crippen LogP contribution in [0.2, 0.25) is 0 Å². The van der Waals surface area contributed by atoms with E-state index >= 15 is 0 Å². The Morgan fingerprint density at radius 1 is 1.04 bits per heavy atom. The lowest BCUT2D eigenvalue weighted by atomic mass is 10.0. The van der Waals surface area contributed by atoms with Gasteiger partial charge in [-0.05, 0) is 24.1 Å². The van der Waals surface area contributed by atoms with Crippen molar-refractivity contribution >= 4 is 23.2 Å². The third-order valence-electron chi connectivity index (χ3n) is 4.54. The summed E-state index contributed by atoms with van der Waals surface area (Å²) in [7, 11) is 0. The van der Waals surface area contributed by atoms with Crippen molar-refractivity contribution in [3.05, 3.63) is 60.2 Å². The number of benzene rings is 2. The molecule has 2 aromatic carbocycles. The highest BCUT2D eigenvalue weighted by atomic mass is 16.2. The molecule has 2 amide bonds. The Balaban J connectivity index is 2.08. The zero-order valence-corrected chi connectivity index (χ0v) is 14.1. The molecule has 1 heterocycles. The van der Waals surface area contributed by atoms with E-state index in [4.69, 9.17) is 0 Å². The smallest absolute Gasteiger partial charge is 0.232 e. The van der Waals surface area contributed by atoms with Gasteiger partial charge in [0.15, 0.2) is 0 Å². The monoisotopic (exact) mass is 322 g/mol. The second kappa shape index (κ2) is 6.87. The van der Waals surface area contributed by atoms with Gasteiger partial charge in [0.1, 0.15) is 0 Å². The molecule has 1 atom stereocenters. The molecule has 0 bridgehead atoms. The lowest BCUT2D eigenvalue weighted by molar-refractivity contribution is -0.122. The molecule has 124 valence electrons. The first-order valence-corrected chi connectivity index (χ1v) is 8.34. The van der Waals surface area contributed by atoms with Gasteiger partial charge in [0.2, 0.25) is 11.8 Å². The molecule has 1 aliphatic rings. The standard InChI is InChI=1S/C20H22N2O2/c1-3-17-14-21(15(2)23)18-11-7-8-12-19(18)22(20(17)24)13-16-9-5-4-6-10-16/h4-12,17H,3,13-14H2,1-2H3/t17-/m0/s1. The Labute approximate surface area is 142 Å². The van der Waals surface area contributed by atoms with Crippen molar-refractivity contribution in [2.75, 3.05) is 16.3 Å². The minimum atomic E-state index is -0.190. The Morgan fingerprint density at radius 3 is 2.29 bits per heavy atom. The average Bonchev–Trinajstić information content (AvgIpc) is 2.72. The molecule has 0 saturated heterocycles. The predicted molar refractivity (Wildman–Crippen MR) is 95.9 cm³/mol. The number of para-hydroxylation sites is 2. The fourth-order valence-electron chi connectivity index (χ4n) is 3.19. The number of rotatable bonds is 3. The molecule has 4 heteroatoms. The van der Waals surface area contributed by atoms with Crippen LogP contribution in [0, 0.1) is 5.92 Å². The lowest BCUT2D eigenvalue weighted by Crippen LogP contribution is -2.38. The van der Waals surface area contributed by atoms with Crippen LogP contribution in [0.1, 0.15) is 25.8 Å². The molecule has 0 N–H and O–H groups in total. The number of carbonyl (C=O) groups excluding carboxylic acids is 2. The average molecular weight is 322 g/mol. The predicted octanol–water partition coefficient (Wildman–Crippen LogP) is 3.61. The fourth-order valence-corrected chi connectivity index (χ4v) is 3.19. The van der Waals surface area contributed by atoms with E-state index in [0.717, 1.165) is 16.9 Å². The molecule has 2 aromatic rings. The van der Waals surface area contributed by atoms with Crippen molar-refractivity contribution < 1.29 is 9.59 Å². The zero-order valence-electron chi connectivity index (χ0n) is 14.1. The summed E-state index contributed by atoms with van der Waals surface area (Å²) in [5, 5.41) is 0. The van der Waals surface area contributed by atoms with Gasteiger partial charge in [0.05, 0.1) is 23.8 Å². The second-order valence-electron chi connectivity index (χ2n) is 6.13. The van der Waals surface area contributed by atoms with Crippen molar-refractivity contribution in [3.8, 4) is 0 Å². The highest BCUT2D eigenvalue weighted by Crippen LogP contribution is 2.35. The Morgan fingerprint density at radius 2 is 1.67 bits per heavy atom. The molecule has 24 heavy (non-hydrogen) atoms. The molecule has 0 fully saturated rings. The van der Waals surface area contributed by atoms with Gasteiger partial charge >= 0.3 is 0 Å². The number of nitrogens with zero attached hydrogens (tertiary/aromatic N) is 2. The summed E-state index contributed by atoms with van der Waals surface area (Å²) in [6, 6.07) is 17.6. The van der Waals surface area contributed by atoms with Crippen molar-refractivity contribution in [1.29, 1.82) is 0 Å². The van der Waals surface area contributed by atoms with Gasteiger partial charge in [0.25, 0.3) is 0 Å². The number of carbonyl (C=O) groups is 2. The van der Waals surface area contributed by atoms with Gasteiger partial charge in [-0.15, -0.1) is 0 Å². The molecule has 0 unspecified atom stereocenters. The number of hydrogen-bond acceptors (Lipinski definition) is 2. The molecule has 3 rings (SSSR count). The molecule has 0 spiro atoms. The molecular weight excluding hydrogens is 300 g/mol. The molecule has 0 aliphatic carbocycles. The zero-order chi connectivity index (χ0) is 17.1. The van der Waals surface area contributed by atoms with E-state index in [9.17, 15) is 9.59 Å². The van der Waals surface area contributed by atoms with Crippen LogP contribution >= 0.6 is 0 Å². The summed E-state index contributed by atoms with van der Waals surface area (Å²) in [6.45, 7) is 4.50. The molecule has 4 nitrogen and oxygen atoms in total. The first-order chi connectivity index (χ1) is 11.6. The Hall–Kier alpha value is -2.62. The minimum absolute atomic E-state index is 0.0322. The first kappa shape index (κ1) is 16.2. The summed E-state index contributed by atoms with van der Waals surface area (Å²) in [4.78, 5) is 28.8. The number of anilines is 2. The third kappa shape index (κ3) is 3.04. The molecular formula is C20H22N2O2. The summed E-state index contributed by atoms with van der Waals surface area (Å²) >= 11 is 0. The minimum Gasteiger partial charge on any atom is -0.310 e. The SMILES string of the molecule is CC[C@H]1CN(C(C)=O)c2ccccc2N(Cc2ccccc2)C1=O. The Bertz CT molecular complexity index is 742. The van der Waals surface area contributed by atoms with Crippen molar-refractivity contribution in [2.45, 2.75) is 26.8 Å². The molecule has 0 aromatic heterocycles. The van der Waals surface area contributed by atoms with Gasteiger partial charge < -0.3 is 9.80 Å². The van der Waals surface area contributed by atoms with E-state index in [1.54, 1.807) is 11.8 Å². The maximum Gasteiger partial charge on any atom is 0.232 e. The molecule has 0 radical (unpaired) electrons. The van der Waals surface area contributed by atoms with E-state index < -0.39 is 0 Å². The third-order valence-corrected chi connectivity index (χ3v) is 4.54. The lowest BCUT2D eigenvalue weighted by Gasteiger charge is -2.25. The first-order valence-electron chi connectivity index (χ1n) is 8.34. The number of hydrogen-bond donors (Lipinski definition) is 0. The van der Waals surface area contributed by atoms with Crippen LogP contribution in [0.25, 0.3) is 0 Å². The van der Waals surface area contributed by atoms with Crippen LogP contribution in [0.15, 0.2) is 54.6 Å². The van der Waals surface area contributed by atoms with E-state index in [1.165, 1.54) is 0 Å². The highest BCUT2D eigenvalue weighted by Gasteiger charge is 2.33. The van der Waals surface area contributed by atoms with E-state index in [0.29, 0.717) is 19.5 Å². The van der Waals surface area contributed by atoms with Crippen LogP contribution in [0.3, 0.4) is 0 Å². The summed E-state index contributed by atoms with van der Waals surface area (Å²) in [5.41, 5.74) is 2.69. The van der Waals surface area contributed by atoms with Crippen LogP contribution < -0.4 is 9.80 Å². The van der Waals surface area contributed by atoms with Crippen molar-refractivity contribution in [2.24, 2.45) is 5.92 Å². The fraction of sp³-hybridized carbons (Fsp3) is 0.300. The topological polar surface area (TPSA) is 40.6 Å². The van der Waals surface area contributed by atoms with E-state index in [2.05, 4.69) is 0 Å². The highest BCUT2D eigenvalue weighted by molar-refractivity contribution is 6.05. The quantitative estimate of drug-likeness (QED) is 0.866. The van der Waals surface area contributed by atoms with E-state index in [1.807, 2.05) is 66.4 Å². The van der Waals surface area contributed by atoms with Gasteiger partial charge in [-0.25, -0.2) is 0 Å². The van der Waals surface area contributed by atoms with Gasteiger partial charge in [-0.2, -0.15) is 0 Å². The number of amides is 2. The van der Waals surface area contributed by atoms with E-state index in [-0.39, 0.29) is 17.7 Å². The Kier molecular flexibility index (Phi) is 4.65. The van der Waals surface area contributed by atoms with Crippen LogP contribution in [-0.2, 0) is 16.1 Å². The maximum atomic E-state index is 13.1. The van der Waals surface area contributed by atoms with Crippen LogP contribution in [-0.4, -0.2) is 18.4 Å². The molecule has 1 aliphatic heterocycles. The summed E-state index contributed by atoms with van der Waals surface area (Å²) < 4.78 is 0. The van der Waals surface area contributed by atoms with Gasteiger partial charge in [0, 0.05) is 13.5 Å². The summed E-state index contributed by atoms with van der Waals surface area (Å²) in [6.07, 6.45) is 0.710. The summed E-state index contributed by atoms with van der Waals surface area (Å²) in [5.74, 6) is -0.141. The maximum absolute atomic E-state index is 13.1. The number of fused-ring (bicyclic) bond motifs is 1.